The van der Waals surface area contributed by atoms with Gasteiger partial charge in [0.2, 0.25) is 0 Å². The minimum absolute atomic E-state index is 0.319. The van der Waals surface area contributed by atoms with Gasteiger partial charge in [-0.1, -0.05) is 28.8 Å². The Hall–Kier alpha value is 0.780. The van der Waals surface area contributed by atoms with E-state index in [-0.39, 0.29) is 4.57 Å². The maximum atomic E-state index is 12.5. The van der Waals surface area contributed by atoms with Crippen LogP contribution >= 0.6 is 31.1 Å². The van der Waals surface area contributed by atoms with Gasteiger partial charge in [-0.3, -0.25) is 9.13 Å². The van der Waals surface area contributed by atoms with Gasteiger partial charge in [-0.05, 0) is 40.5 Å². The number of alkyl halides is 1. The molecular weight excluding hydrogens is 406 g/mol. The monoisotopic (exact) mass is 436 g/mol. The molecule has 6 nitrogen and oxygen atoms in total. The second kappa shape index (κ2) is 13.0. The smallest absolute Gasteiger partial charge is 0.309 e. The van der Waals surface area contributed by atoms with Crippen LogP contribution < -0.4 is 0 Å². The van der Waals surface area contributed by atoms with Crippen molar-refractivity contribution < 1.29 is 27.2 Å². The van der Waals surface area contributed by atoms with Crippen molar-refractivity contribution in [1.29, 1.82) is 0 Å². The third-order valence-corrected chi connectivity index (χ3v) is 9.30. The Morgan fingerprint density at radius 1 is 0.783 bits per heavy atom. The highest BCUT2D eigenvalue weighted by Crippen LogP contribution is 2.57. The van der Waals surface area contributed by atoms with E-state index in [1.54, 1.807) is 27.7 Å². The van der Waals surface area contributed by atoms with Crippen LogP contribution in [0, 0.1) is 0 Å². The summed E-state index contributed by atoms with van der Waals surface area (Å²) in [6, 6.07) is 0. The van der Waals surface area contributed by atoms with Crippen molar-refractivity contribution in [3.8, 4) is 0 Å². The molecule has 0 aliphatic rings. The van der Waals surface area contributed by atoms with Crippen molar-refractivity contribution in [2.45, 2.75) is 57.9 Å². The molecule has 0 N–H and O–H groups in total. The lowest BCUT2D eigenvalue weighted by atomic mass is 10.2. The van der Waals surface area contributed by atoms with E-state index in [4.69, 9.17) is 18.1 Å². The van der Waals surface area contributed by atoms with Crippen molar-refractivity contribution in [3.05, 3.63) is 0 Å². The molecule has 0 aliphatic carbocycles. The molecule has 140 valence electrons. The highest BCUT2D eigenvalue weighted by Gasteiger charge is 2.33. The number of halogens is 1. The average molecular weight is 437 g/mol. The number of hydrogen-bond donors (Lipinski definition) is 0. The van der Waals surface area contributed by atoms with Crippen LogP contribution in [0.3, 0.4) is 0 Å². The summed E-state index contributed by atoms with van der Waals surface area (Å²) in [5.41, 5.74) is 0. The Morgan fingerprint density at radius 3 is 1.70 bits per heavy atom. The zero-order valence-electron chi connectivity index (χ0n) is 14.7. The highest BCUT2D eigenvalue weighted by atomic mass is 79.9. The Morgan fingerprint density at radius 2 is 1.26 bits per heavy atom. The van der Waals surface area contributed by atoms with Gasteiger partial charge in [0.25, 0.3) is 0 Å². The zero-order valence-corrected chi connectivity index (χ0v) is 18.0. The lowest BCUT2D eigenvalue weighted by Gasteiger charge is -2.22. The molecule has 0 aromatic carbocycles. The normalized spacial score (nSPS) is 14.1. The molecule has 0 rings (SSSR count). The van der Waals surface area contributed by atoms with Crippen LogP contribution in [-0.2, 0) is 27.2 Å². The molecule has 0 heterocycles. The van der Waals surface area contributed by atoms with Crippen LogP contribution in [0.5, 0.6) is 0 Å². The van der Waals surface area contributed by atoms with Gasteiger partial charge >= 0.3 is 15.2 Å². The van der Waals surface area contributed by atoms with Crippen LogP contribution in [0.4, 0.5) is 0 Å². The molecule has 1 atom stereocenters. The fraction of sp³-hybridized carbons (Fsp3) is 1.00. The van der Waals surface area contributed by atoms with E-state index in [0.29, 0.717) is 39.0 Å². The van der Waals surface area contributed by atoms with E-state index >= 15 is 0 Å². The number of unbranched alkanes of at least 4 members (excludes halogenated alkanes) is 2. The molecule has 23 heavy (non-hydrogen) atoms. The van der Waals surface area contributed by atoms with Gasteiger partial charge in [-0.2, -0.15) is 0 Å². The van der Waals surface area contributed by atoms with Crippen molar-refractivity contribution in [3.63, 3.8) is 0 Å². The van der Waals surface area contributed by atoms with Gasteiger partial charge in [0, 0.05) is 0 Å². The summed E-state index contributed by atoms with van der Waals surface area (Å²) >= 11 is 3.43. The maximum absolute atomic E-state index is 12.5. The fourth-order valence-electron chi connectivity index (χ4n) is 2.07. The molecule has 0 bridgehead atoms. The van der Waals surface area contributed by atoms with Gasteiger partial charge in [0.15, 0.2) is 0 Å². The zero-order chi connectivity index (χ0) is 17.8. The molecule has 0 aliphatic heterocycles. The lowest BCUT2D eigenvalue weighted by molar-refractivity contribution is 0.216. The van der Waals surface area contributed by atoms with Gasteiger partial charge in [0.1, 0.15) is 4.57 Å². The van der Waals surface area contributed by atoms with E-state index < -0.39 is 15.2 Å². The van der Waals surface area contributed by atoms with Gasteiger partial charge in [0.05, 0.1) is 32.6 Å². The summed E-state index contributed by atoms with van der Waals surface area (Å²) in [5, 5.41) is 0. The van der Waals surface area contributed by atoms with Crippen LogP contribution in [0.15, 0.2) is 0 Å². The van der Waals surface area contributed by atoms with Crippen LogP contribution in [0.25, 0.3) is 0 Å². The van der Waals surface area contributed by atoms with Crippen LogP contribution in [0.2, 0.25) is 0 Å². The molecule has 0 amide bonds. The topological polar surface area (TPSA) is 71.1 Å². The molecule has 9 heteroatoms. The largest absolute Gasteiger partial charge is 0.344 e. The molecule has 0 fully saturated rings. The lowest BCUT2D eigenvalue weighted by Crippen LogP contribution is -2.07. The van der Waals surface area contributed by atoms with Gasteiger partial charge in [-0.15, -0.1) is 0 Å². The van der Waals surface area contributed by atoms with E-state index in [1.165, 1.54) is 0 Å². The molecule has 0 aromatic rings. The van der Waals surface area contributed by atoms with E-state index in [1.807, 2.05) is 0 Å². The predicted molar refractivity (Wildman–Crippen MR) is 97.8 cm³/mol. The Balaban J connectivity index is 4.19. The molecule has 0 saturated heterocycles. The minimum atomic E-state index is -3.10. The molecule has 0 spiro atoms. The van der Waals surface area contributed by atoms with Crippen molar-refractivity contribution >= 4 is 31.1 Å². The second-order valence-electron chi connectivity index (χ2n) is 4.83. The van der Waals surface area contributed by atoms with Crippen LogP contribution in [0.1, 0.15) is 53.4 Å². The third kappa shape index (κ3) is 9.74. The van der Waals surface area contributed by atoms with E-state index in [2.05, 4.69) is 15.9 Å². The van der Waals surface area contributed by atoms with E-state index in [0.717, 1.165) is 19.3 Å². The molecule has 0 aromatic heterocycles. The fourth-order valence-corrected chi connectivity index (χ4v) is 6.45. The summed E-state index contributed by atoms with van der Waals surface area (Å²) < 4.78 is 45.6. The molecule has 1 unspecified atom stereocenters. The number of hydrogen-bond acceptors (Lipinski definition) is 6. The molecular formula is C14H31BrO6P2. The Kier molecular flexibility index (Phi) is 13.5. The first-order valence-electron chi connectivity index (χ1n) is 8.28. The summed E-state index contributed by atoms with van der Waals surface area (Å²) in [5.74, 6) is 0. The first-order valence-corrected chi connectivity index (χ1v) is 12.5. The standard InChI is InChI=1S/C14H31BrO6P2/c1-5-18-22(16,19-6-2)13-11-9-10-12-14(15)23(17,20-7-3)21-8-4/h14H,5-13H2,1-4H3. The quantitative estimate of drug-likeness (QED) is 0.183. The summed E-state index contributed by atoms with van der Waals surface area (Å²) in [6.45, 7) is 8.67. The molecule has 0 saturated carbocycles. The highest BCUT2D eigenvalue weighted by molar-refractivity contribution is 9.10. The minimum Gasteiger partial charge on any atom is -0.309 e. The average Bonchev–Trinajstić information content (AvgIpc) is 2.47. The van der Waals surface area contributed by atoms with Crippen molar-refractivity contribution in [1.82, 2.24) is 0 Å². The summed E-state index contributed by atoms with van der Waals surface area (Å²) in [4.78, 5) is 0. The van der Waals surface area contributed by atoms with Crippen molar-refractivity contribution in [2.75, 3.05) is 32.6 Å². The SMILES string of the molecule is CCOP(=O)(CCCCCC(Br)P(=O)(OCC)OCC)OCC. The predicted octanol–water partition coefficient (Wildman–Crippen LogP) is 5.80. The first-order chi connectivity index (χ1) is 10.9. The Labute approximate surface area is 149 Å². The first kappa shape index (κ1) is 23.8. The maximum Gasteiger partial charge on any atom is 0.344 e. The second-order valence-corrected chi connectivity index (χ2v) is 11.0. The third-order valence-electron chi connectivity index (χ3n) is 2.99. The number of rotatable bonds is 15. The summed E-state index contributed by atoms with van der Waals surface area (Å²) in [7, 11) is -6.05. The summed E-state index contributed by atoms with van der Waals surface area (Å²) in [6.07, 6.45) is 3.51. The van der Waals surface area contributed by atoms with Crippen LogP contribution in [-0.4, -0.2) is 37.2 Å². The van der Waals surface area contributed by atoms with E-state index in [9.17, 15) is 9.13 Å². The molecule has 0 radical (unpaired) electrons. The van der Waals surface area contributed by atoms with Gasteiger partial charge in [-0.25, -0.2) is 0 Å². The van der Waals surface area contributed by atoms with Gasteiger partial charge < -0.3 is 18.1 Å². The Bertz CT molecular complexity index is 373. The van der Waals surface area contributed by atoms with Crippen molar-refractivity contribution in [2.24, 2.45) is 0 Å².